The van der Waals surface area contributed by atoms with E-state index in [2.05, 4.69) is 15.4 Å². The summed E-state index contributed by atoms with van der Waals surface area (Å²) in [6.45, 7) is 4.66. The Morgan fingerprint density at radius 3 is 2.39 bits per heavy atom. The molecule has 0 aliphatic rings. The summed E-state index contributed by atoms with van der Waals surface area (Å²) in [5.74, 6) is 0.590. The van der Waals surface area contributed by atoms with Gasteiger partial charge in [0.2, 0.25) is 5.91 Å². The smallest absolute Gasteiger partial charge is 0.254 e. The molecule has 0 aliphatic carbocycles. The van der Waals surface area contributed by atoms with Crippen molar-refractivity contribution in [1.82, 2.24) is 19.7 Å². The van der Waals surface area contributed by atoms with E-state index in [1.807, 2.05) is 13.8 Å². The lowest BCUT2D eigenvalue weighted by molar-refractivity contribution is -0.116. The third-order valence-electron chi connectivity index (χ3n) is 4.35. The van der Waals surface area contributed by atoms with Crippen LogP contribution in [0.3, 0.4) is 0 Å². The van der Waals surface area contributed by atoms with Crippen LogP contribution in [-0.2, 0) is 4.79 Å². The standard InChI is InChI=1S/C22H25N5O4/c1-4-30-19-11-8-17(12-20(19)31-5-2)25-21(28)13-26(3)22(29)16-6-9-18(10-7-16)27-15-23-14-24-27/h6-12,14-15H,4-5,13H2,1-3H3,(H,25,28). The number of nitrogens with one attached hydrogen (secondary N) is 1. The van der Waals surface area contributed by atoms with Gasteiger partial charge in [0.05, 0.1) is 25.4 Å². The molecule has 1 N–H and O–H groups in total. The highest BCUT2D eigenvalue weighted by atomic mass is 16.5. The van der Waals surface area contributed by atoms with Crippen LogP contribution in [-0.4, -0.2) is 58.3 Å². The lowest BCUT2D eigenvalue weighted by atomic mass is 10.2. The number of hydrogen-bond donors (Lipinski definition) is 1. The van der Waals surface area contributed by atoms with E-state index in [-0.39, 0.29) is 18.4 Å². The highest BCUT2D eigenvalue weighted by molar-refractivity contribution is 5.99. The number of likely N-dealkylation sites (N-methyl/N-ethyl adjacent to an activating group) is 1. The molecule has 0 atom stereocenters. The molecule has 0 radical (unpaired) electrons. The SMILES string of the molecule is CCOc1ccc(NC(=O)CN(C)C(=O)c2ccc(-n3cncn3)cc2)cc1OCC. The number of ether oxygens (including phenoxy) is 2. The topological polar surface area (TPSA) is 98.6 Å². The summed E-state index contributed by atoms with van der Waals surface area (Å²) in [7, 11) is 1.58. The van der Waals surface area contributed by atoms with Crippen molar-refractivity contribution in [3.63, 3.8) is 0 Å². The molecule has 3 aromatic rings. The number of hydrogen-bond acceptors (Lipinski definition) is 6. The maximum Gasteiger partial charge on any atom is 0.254 e. The van der Waals surface area contributed by atoms with Crippen molar-refractivity contribution in [2.24, 2.45) is 0 Å². The Kier molecular flexibility index (Phi) is 7.21. The first-order chi connectivity index (χ1) is 15.0. The molecule has 1 heterocycles. The van der Waals surface area contributed by atoms with E-state index in [0.717, 1.165) is 5.69 Å². The van der Waals surface area contributed by atoms with Crippen LogP contribution in [0.15, 0.2) is 55.1 Å². The van der Waals surface area contributed by atoms with E-state index >= 15 is 0 Å². The summed E-state index contributed by atoms with van der Waals surface area (Å²) in [4.78, 5) is 30.4. The molecule has 0 aliphatic heterocycles. The van der Waals surface area contributed by atoms with Crippen molar-refractivity contribution in [2.75, 3.05) is 32.1 Å². The normalized spacial score (nSPS) is 10.4. The van der Waals surface area contributed by atoms with Crippen LogP contribution >= 0.6 is 0 Å². The number of nitrogens with zero attached hydrogens (tertiary/aromatic N) is 4. The first-order valence-electron chi connectivity index (χ1n) is 9.91. The molecule has 0 spiro atoms. The molecule has 9 nitrogen and oxygen atoms in total. The average molecular weight is 423 g/mol. The minimum atomic E-state index is -0.318. The van der Waals surface area contributed by atoms with Gasteiger partial charge in [-0.15, -0.1) is 0 Å². The van der Waals surface area contributed by atoms with Gasteiger partial charge < -0.3 is 19.7 Å². The van der Waals surface area contributed by atoms with Crippen LogP contribution in [0.5, 0.6) is 11.5 Å². The fraction of sp³-hybridized carbons (Fsp3) is 0.273. The predicted molar refractivity (Wildman–Crippen MR) is 116 cm³/mol. The van der Waals surface area contributed by atoms with E-state index in [4.69, 9.17) is 9.47 Å². The number of amides is 2. The Bertz CT molecular complexity index is 1020. The molecule has 0 fully saturated rings. The minimum absolute atomic E-state index is 0.0964. The van der Waals surface area contributed by atoms with Crippen molar-refractivity contribution in [1.29, 1.82) is 0 Å². The number of aromatic nitrogens is 3. The monoisotopic (exact) mass is 423 g/mol. The predicted octanol–water partition coefficient (Wildman–Crippen LogP) is 2.78. The van der Waals surface area contributed by atoms with E-state index in [1.54, 1.807) is 60.5 Å². The van der Waals surface area contributed by atoms with Crippen molar-refractivity contribution in [3.05, 3.63) is 60.7 Å². The third-order valence-corrected chi connectivity index (χ3v) is 4.35. The second kappa shape index (κ2) is 10.2. The van der Waals surface area contributed by atoms with E-state index < -0.39 is 0 Å². The summed E-state index contributed by atoms with van der Waals surface area (Å²) in [5, 5.41) is 6.84. The molecular weight excluding hydrogens is 398 g/mol. The molecule has 0 unspecified atom stereocenters. The molecule has 162 valence electrons. The number of rotatable bonds is 9. The van der Waals surface area contributed by atoms with Crippen molar-refractivity contribution in [3.8, 4) is 17.2 Å². The Hall–Kier alpha value is -3.88. The van der Waals surface area contributed by atoms with Crippen LogP contribution in [0.4, 0.5) is 5.69 Å². The van der Waals surface area contributed by atoms with Gasteiger partial charge in [0.15, 0.2) is 11.5 Å². The molecule has 1 aromatic heterocycles. The number of carbonyl (C=O) groups excluding carboxylic acids is 2. The zero-order chi connectivity index (χ0) is 22.2. The van der Waals surface area contributed by atoms with Crippen LogP contribution in [0.1, 0.15) is 24.2 Å². The molecule has 2 aromatic carbocycles. The molecule has 0 bridgehead atoms. The summed E-state index contributed by atoms with van der Waals surface area (Å²) in [6.07, 6.45) is 3.01. The molecule has 2 amide bonds. The zero-order valence-electron chi connectivity index (χ0n) is 17.7. The van der Waals surface area contributed by atoms with Gasteiger partial charge in [-0.1, -0.05) is 0 Å². The number of carbonyl (C=O) groups is 2. The van der Waals surface area contributed by atoms with Crippen LogP contribution in [0.2, 0.25) is 0 Å². The largest absolute Gasteiger partial charge is 0.490 e. The van der Waals surface area contributed by atoms with Gasteiger partial charge in [0.1, 0.15) is 12.7 Å². The summed E-state index contributed by atoms with van der Waals surface area (Å²) in [6, 6.07) is 12.1. The Morgan fingerprint density at radius 2 is 1.74 bits per heavy atom. The third kappa shape index (κ3) is 5.59. The summed E-state index contributed by atoms with van der Waals surface area (Å²) >= 11 is 0. The molecule has 0 saturated heterocycles. The van der Waals surface area contributed by atoms with Crippen molar-refractivity contribution in [2.45, 2.75) is 13.8 Å². The van der Waals surface area contributed by atoms with E-state index in [0.29, 0.717) is 36.0 Å². The van der Waals surface area contributed by atoms with Crippen LogP contribution in [0.25, 0.3) is 5.69 Å². The zero-order valence-corrected chi connectivity index (χ0v) is 17.7. The van der Waals surface area contributed by atoms with Gasteiger partial charge in [0, 0.05) is 24.4 Å². The second-order valence-corrected chi connectivity index (χ2v) is 6.62. The van der Waals surface area contributed by atoms with E-state index in [9.17, 15) is 9.59 Å². The number of benzene rings is 2. The van der Waals surface area contributed by atoms with Gasteiger partial charge in [0.25, 0.3) is 5.91 Å². The van der Waals surface area contributed by atoms with Gasteiger partial charge in [-0.2, -0.15) is 5.10 Å². The highest BCUT2D eigenvalue weighted by Gasteiger charge is 2.16. The summed E-state index contributed by atoms with van der Waals surface area (Å²) in [5.41, 5.74) is 1.82. The molecule has 31 heavy (non-hydrogen) atoms. The van der Waals surface area contributed by atoms with Crippen molar-refractivity contribution < 1.29 is 19.1 Å². The van der Waals surface area contributed by atoms with E-state index in [1.165, 1.54) is 11.2 Å². The first kappa shape index (κ1) is 21.8. The Morgan fingerprint density at radius 1 is 1.03 bits per heavy atom. The van der Waals surface area contributed by atoms with Crippen LogP contribution < -0.4 is 14.8 Å². The van der Waals surface area contributed by atoms with Gasteiger partial charge >= 0.3 is 0 Å². The van der Waals surface area contributed by atoms with Crippen molar-refractivity contribution >= 4 is 17.5 Å². The van der Waals surface area contributed by atoms with Gasteiger partial charge in [-0.3, -0.25) is 9.59 Å². The molecule has 9 heteroatoms. The lowest BCUT2D eigenvalue weighted by Crippen LogP contribution is -2.34. The average Bonchev–Trinajstić information content (AvgIpc) is 3.30. The van der Waals surface area contributed by atoms with Crippen LogP contribution in [0, 0.1) is 0 Å². The Labute approximate surface area is 180 Å². The van der Waals surface area contributed by atoms with Gasteiger partial charge in [-0.25, -0.2) is 9.67 Å². The fourth-order valence-corrected chi connectivity index (χ4v) is 2.94. The lowest BCUT2D eigenvalue weighted by Gasteiger charge is -2.18. The molecule has 0 saturated carbocycles. The quantitative estimate of drug-likeness (QED) is 0.568. The fourth-order valence-electron chi connectivity index (χ4n) is 2.94. The second-order valence-electron chi connectivity index (χ2n) is 6.62. The molecule has 3 rings (SSSR count). The number of anilines is 1. The maximum absolute atomic E-state index is 12.7. The Balaban J connectivity index is 1.61. The maximum atomic E-state index is 12.7. The molecular formula is C22H25N5O4. The highest BCUT2D eigenvalue weighted by Crippen LogP contribution is 2.30. The van der Waals surface area contributed by atoms with Gasteiger partial charge in [-0.05, 0) is 50.2 Å². The first-order valence-corrected chi connectivity index (χ1v) is 9.91. The summed E-state index contributed by atoms with van der Waals surface area (Å²) < 4.78 is 12.7. The minimum Gasteiger partial charge on any atom is -0.490 e.